The van der Waals surface area contributed by atoms with E-state index in [2.05, 4.69) is 0 Å². The predicted octanol–water partition coefficient (Wildman–Crippen LogP) is 6.33. The molecule has 2 unspecified atom stereocenters. The number of benzene rings is 3. The van der Waals surface area contributed by atoms with Gasteiger partial charge in [-0.2, -0.15) is 13.2 Å². The van der Waals surface area contributed by atoms with Crippen molar-refractivity contribution in [2.45, 2.75) is 43.9 Å². The maximum atomic E-state index is 14.1. The first kappa shape index (κ1) is 25.8. The summed E-state index contributed by atoms with van der Waals surface area (Å²) in [4.78, 5) is 11.1. The van der Waals surface area contributed by atoms with Gasteiger partial charge in [-0.15, -0.1) is 0 Å². The molecule has 6 nitrogen and oxygen atoms in total. The molecule has 0 saturated carbocycles. The third-order valence-corrected chi connectivity index (χ3v) is 7.20. The lowest BCUT2D eigenvalue weighted by molar-refractivity contribution is -0.138. The molecule has 0 spiro atoms. The third kappa shape index (κ3) is 4.97. The minimum absolute atomic E-state index is 0.0222. The second-order valence-corrected chi connectivity index (χ2v) is 9.46. The molecule has 0 fully saturated rings. The minimum atomic E-state index is -4.51. The molecule has 1 N–H and O–H groups in total. The second kappa shape index (κ2) is 10.1. The molecule has 0 bridgehead atoms. The summed E-state index contributed by atoms with van der Waals surface area (Å²) in [5.41, 5.74) is 2.31. The number of carboxylic acid groups (broad SMARTS) is 1. The summed E-state index contributed by atoms with van der Waals surface area (Å²) in [6.45, 7) is 0.286. The number of rotatable bonds is 8. The van der Waals surface area contributed by atoms with Crippen molar-refractivity contribution >= 4 is 5.97 Å². The highest BCUT2D eigenvalue weighted by molar-refractivity contribution is 5.69. The predicted molar refractivity (Wildman–Crippen MR) is 132 cm³/mol. The monoisotopic (exact) mass is 528 g/mol. The Hall–Kier alpha value is -3.88. The molecule has 2 atom stereocenters. The summed E-state index contributed by atoms with van der Waals surface area (Å²) >= 11 is 0. The van der Waals surface area contributed by atoms with E-state index in [9.17, 15) is 18.0 Å². The second-order valence-electron chi connectivity index (χ2n) is 9.46. The molecule has 3 aromatic rings. The van der Waals surface area contributed by atoms with Crippen molar-refractivity contribution in [2.24, 2.45) is 0 Å². The van der Waals surface area contributed by atoms with Gasteiger partial charge in [0.2, 0.25) is 0 Å². The Morgan fingerprint density at radius 2 is 1.79 bits per heavy atom. The topological polar surface area (TPSA) is 74.2 Å². The molecule has 2 aliphatic rings. The molecule has 38 heavy (non-hydrogen) atoms. The number of fused-ring (bicyclic) bond motifs is 2. The maximum absolute atomic E-state index is 14.1. The quantitative estimate of drug-likeness (QED) is 0.368. The van der Waals surface area contributed by atoms with Gasteiger partial charge < -0.3 is 24.1 Å². The Morgan fingerprint density at radius 3 is 2.50 bits per heavy atom. The smallest absolute Gasteiger partial charge is 0.416 e. The molecule has 1 aliphatic carbocycles. The molecule has 1 heterocycles. The van der Waals surface area contributed by atoms with E-state index in [-0.39, 0.29) is 30.9 Å². The first-order valence-electron chi connectivity index (χ1n) is 12.3. The summed E-state index contributed by atoms with van der Waals surface area (Å²) in [7, 11) is 2.99. The van der Waals surface area contributed by atoms with E-state index in [0.29, 0.717) is 47.0 Å². The highest BCUT2D eigenvalue weighted by Gasteiger charge is 2.38. The van der Waals surface area contributed by atoms with Crippen LogP contribution in [0.5, 0.6) is 23.0 Å². The molecule has 1 aliphatic heterocycles. The molecule has 0 amide bonds. The van der Waals surface area contributed by atoms with Crippen LogP contribution in [0.25, 0.3) is 0 Å². The van der Waals surface area contributed by atoms with Crippen molar-refractivity contribution in [1.29, 1.82) is 0 Å². The average molecular weight is 529 g/mol. The maximum Gasteiger partial charge on any atom is 0.416 e. The van der Waals surface area contributed by atoms with Gasteiger partial charge >= 0.3 is 12.1 Å². The number of carbonyl (C=O) groups is 1. The van der Waals surface area contributed by atoms with Crippen molar-refractivity contribution in [3.63, 3.8) is 0 Å². The normalized spacial score (nSPS) is 17.9. The van der Waals surface area contributed by atoms with E-state index < -0.39 is 23.8 Å². The number of alkyl halides is 3. The largest absolute Gasteiger partial charge is 0.497 e. The SMILES string of the molecule is COc1ccc(OC)c(Cc2c(C(F)(F)F)ccc3c2CCC3Oc2ccc3c(c2)OCC3CC(=O)O)c1. The molecule has 5 rings (SSSR count). The molecule has 9 heteroatoms. The van der Waals surface area contributed by atoms with Gasteiger partial charge in [-0.25, -0.2) is 0 Å². The van der Waals surface area contributed by atoms with Crippen molar-refractivity contribution in [2.75, 3.05) is 20.8 Å². The van der Waals surface area contributed by atoms with Gasteiger partial charge in [-0.3, -0.25) is 4.79 Å². The molecule has 3 aromatic carbocycles. The Labute approximate surface area is 217 Å². The number of hydrogen-bond donors (Lipinski definition) is 1. The lowest BCUT2D eigenvalue weighted by atomic mass is 9.91. The van der Waals surface area contributed by atoms with Crippen molar-refractivity contribution in [1.82, 2.24) is 0 Å². The van der Waals surface area contributed by atoms with E-state index in [1.165, 1.54) is 20.3 Å². The fraction of sp³-hybridized carbons (Fsp3) is 0.345. The number of ether oxygens (including phenoxy) is 4. The van der Waals surface area contributed by atoms with E-state index in [0.717, 1.165) is 17.2 Å². The van der Waals surface area contributed by atoms with Gasteiger partial charge in [-0.1, -0.05) is 12.1 Å². The van der Waals surface area contributed by atoms with Crippen LogP contribution in [0.4, 0.5) is 13.2 Å². The van der Waals surface area contributed by atoms with Crippen molar-refractivity contribution in [3.8, 4) is 23.0 Å². The lowest BCUT2D eigenvalue weighted by Gasteiger charge is -2.20. The van der Waals surface area contributed by atoms with Gasteiger partial charge in [0.25, 0.3) is 0 Å². The van der Waals surface area contributed by atoms with Crippen LogP contribution in [-0.4, -0.2) is 31.9 Å². The van der Waals surface area contributed by atoms with Crippen LogP contribution in [0.15, 0.2) is 48.5 Å². The molecular formula is C29H27F3O6. The van der Waals surface area contributed by atoms with Crippen LogP contribution in [0.3, 0.4) is 0 Å². The van der Waals surface area contributed by atoms with Gasteiger partial charge in [0, 0.05) is 29.5 Å². The Morgan fingerprint density at radius 1 is 1.03 bits per heavy atom. The molecule has 0 saturated heterocycles. The zero-order valence-electron chi connectivity index (χ0n) is 20.9. The summed E-state index contributed by atoms with van der Waals surface area (Å²) in [6.07, 6.45) is -3.97. The number of halogens is 3. The number of hydrogen-bond acceptors (Lipinski definition) is 5. The number of methoxy groups -OCH3 is 2. The Balaban J connectivity index is 1.46. The molecule has 0 aromatic heterocycles. The first-order valence-corrected chi connectivity index (χ1v) is 12.3. The van der Waals surface area contributed by atoms with Crippen molar-refractivity contribution < 1.29 is 42.0 Å². The summed E-state index contributed by atoms with van der Waals surface area (Å²) in [6, 6.07) is 13.0. The summed E-state index contributed by atoms with van der Waals surface area (Å²) < 4.78 is 64.9. The highest BCUT2D eigenvalue weighted by Crippen LogP contribution is 2.45. The molecule has 0 radical (unpaired) electrons. The Bertz CT molecular complexity index is 1370. The van der Waals surface area contributed by atoms with Crippen LogP contribution in [0.2, 0.25) is 0 Å². The van der Waals surface area contributed by atoms with E-state index >= 15 is 0 Å². The van der Waals surface area contributed by atoms with Gasteiger partial charge in [0.15, 0.2) is 0 Å². The summed E-state index contributed by atoms with van der Waals surface area (Å²) in [5.74, 6) is 1.00. The zero-order chi connectivity index (χ0) is 27.0. The van der Waals surface area contributed by atoms with Crippen molar-refractivity contribution in [3.05, 3.63) is 81.9 Å². The fourth-order valence-corrected chi connectivity index (χ4v) is 5.41. The standard InChI is InChI=1S/C29H27F3O6/c1-35-18-4-9-25(36-2)16(11-18)12-23-21-7-10-26(22(21)6-8-24(23)29(30,31)32)38-19-3-5-20-17(13-28(33)34)15-37-27(20)14-19/h3-6,8-9,11,14,17,26H,7,10,12-13,15H2,1-2H3,(H,33,34). The van der Waals surface area contributed by atoms with Crippen LogP contribution >= 0.6 is 0 Å². The van der Waals surface area contributed by atoms with E-state index in [1.54, 1.807) is 36.4 Å². The van der Waals surface area contributed by atoms with E-state index in [1.807, 2.05) is 0 Å². The fourth-order valence-electron chi connectivity index (χ4n) is 5.41. The van der Waals surface area contributed by atoms with Crippen LogP contribution in [0.1, 0.15) is 58.2 Å². The average Bonchev–Trinajstić information content (AvgIpc) is 3.47. The van der Waals surface area contributed by atoms with Gasteiger partial charge in [0.1, 0.15) is 29.1 Å². The lowest BCUT2D eigenvalue weighted by Crippen LogP contribution is -2.13. The van der Waals surface area contributed by atoms with E-state index in [4.69, 9.17) is 24.1 Å². The number of aliphatic carboxylic acids is 1. The van der Waals surface area contributed by atoms with Gasteiger partial charge in [-0.05, 0) is 59.9 Å². The highest BCUT2D eigenvalue weighted by atomic mass is 19.4. The first-order chi connectivity index (χ1) is 18.2. The molecular weight excluding hydrogens is 501 g/mol. The van der Waals surface area contributed by atoms with Crippen LogP contribution in [0, 0.1) is 0 Å². The number of carboxylic acids is 1. The Kier molecular flexibility index (Phi) is 6.86. The zero-order valence-corrected chi connectivity index (χ0v) is 20.9. The van der Waals surface area contributed by atoms with Gasteiger partial charge in [0.05, 0.1) is 32.8 Å². The minimum Gasteiger partial charge on any atom is -0.497 e. The van der Waals surface area contributed by atoms with Crippen LogP contribution in [-0.2, 0) is 23.8 Å². The summed E-state index contributed by atoms with van der Waals surface area (Å²) in [5, 5.41) is 9.11. The third-order valence-electron chi connectivity index (χ3n) is 7.20. The van der Waals surface area contributed by atoms with Crippen LogP contribution < -0.4 is 18.9 Å². The molecule has 200 valence electrons.